The van der Waals surface area contributed by atoms with Gasteiger partial charge in [0.15, 0.2) is 0 Å². The minimum atomic E-state index is -0.752. The monoisotopic (exact) mass is 336 g/mol. The fraction of sp³-hybridized carbons (Fsp3) is 0.611. The maximum atomic E-state index is 12.5. The summed E-state index contributed by atoms with van der Waals surface area (Å²) in [5, 5.41) is 11.6. The lowest BCUT2D eigenvalue weighted by Gasteiger charge is -2.41. The van der Waals surface area contributed by atoms with Gasteiger partial charge in [0.25, 0.3) is 0 Å². The Morgan fingerprint density at radius 2 is 1.83 bits per heavy atom. The SMILES string of the molecule is O=C(Cc1ccc(Cl)cc1)N1CCC[C@@](O)(CN2CCCC2)C1. The lowest BCUT2D eigenvalue weighted by atomic mass is 9.91. The highest BCUT2D eigenvalue weighted by Crippen LogP contribution is 2.24. The van der Waals surface area contributed by atoms with Gasteiger partial charge in [-0.25, -0.2) is 0 Å². The first-order valence-electron chi connectivity index (χ1n) is 8.51. The van der Waals surface area contributed by atoms with Crippen LogP contribution < -0.4 is 0 Å². The molecule has 126 valence electrons. The molecule has 2 aliphatic rings. The standard InChI is InChI=1S/C18H25ClN2O2/c19-16-6-4-15(5-7-16)12-17(22)21-11-3-8-18(23,14-21)13-20-9-1-2-10-20/h4-7,23H,1-3,8-14H2/t18-/m1/s1. The third kappa shape index (κ3) is 4.46. The van der Waals surface area contributed by atoms with Gasteiger partial charge in [0.2, 0.25) is 5.91 Å². The van der Waals surface area contributed by atoms with E-state index in [0.717, 1.165) is 38.0 Å². The van der Waals surface area contributed by atoms with Crippen molar-refractivity contribution in [2.24, 2.45) is 0 Å². The molecule has 1 amide bonds. The van der Waals surface area contributed by atoms with Crippen LogP contribution in [-0.2, 0) is 11.2 Å². The number of rotatable bonds is 4. The molecule has 3 rings (SSSR count). The van der Waals surface area contributed by atoms with Crippen molar-refractivity contribution in [1.29, 1.82) is 0 Å². The van der Waals surface area contributed by atoms with Crippen molar-refractivity contribution in [2.45, 2.75) is 37.7 Å². The van der Waals surface area contributed by atoms with Crippen molar-refractivity contribution in [3.8, 4) is 0 Å². The highest BCUT2D eigenvalue weighted by molar-refractivity contribution is 6.30. The van der Waals surface area contributed by atoms with Gasteiger partial charge < -0.3 is 14.9 Å². The molecule has 1 aromatic rings. The maximum Gasteiger partial charge on any atom is 0.227 e. The Bertz CT molecular complexity index is 542. The Kier molecular flexibility index (Phi) is 5.24. The molecule has 0 bridgehead atoms. The Morgan fingerprint density at radius 3 is 2.52 bits per heavy atom. The summed E-state index contributed by atoms with van der Waals surface area (Å²) in [4.78, 5) is 16.7. The Hall–Kier alpha value is -1.10. The number of aliphatic hydroxyl groups is 1. The van der Waals surface area contributed by atoms with E-state index in [4.69, 9.17) is 11.6 Å². The average Bonchev–Trinajstić information content (AvgIpc) is 3.02. The number of β-amino-alcohol motifs (C(OH)–C–C–N with tert-alkyl or cyclic N) is 1. The van der Waals surface area contributed by atoms with E-state index in [2.05, 4.69) is 4.90 Å². The van der Waals surface area contributed by atoms with Gasteiger partial charge in [0, 0.05) is 18.1 Å². The number of amides is 1. The second-order valence-electron chi connectivity index (χ2n) is 6.93. The number of carbonyl (C=O) groups is 1. The van der Waals surface area contributed by atoms with Gasteiger partial charge in [-0.15, -0.1) is 0 Å². The van der Waals surface area contributed by atoms with Crippen LogP contribution >= 0.6 is 11.6 Å². The summed E-state index contributed by atoms with van der Waals surface area (Å²) in [5.74, 6) is 0.0897. The molecular weight excluding hydrogens is 312 g/mol. The van der Waals surface area contributed by atoms with E-state index in [1.54, 1.807) is 0 Å². The Morgan fingerprint density at radius 1 is 1.13 bits per heavy atom. The number of hydrogen-bond acceptors (Lipinski definition) is 3. The van der Waals surface area contributed by atoms with E-state index < -0.39 is 5.60 Å². The van der Waals surface area contributed by atoms with Gasteiger partial charge in [-0.2, -0.15) is 0 Å². The van der Waals surface area contributed by atoms with E-state index in [9.17, 15) is 9.90 Å². The summed E-state index contributed by atoms with van der Waals surface area (Å²) in [6.45, 7) is 4.03. The number of benzene rings is 1. The third-order valence-electron chi connectivity index (χ3n) is 4.89. The zero-order valence-electron chi connectivity index (χ0n) is 13.5. The predicted octanol–water partition coefficient (Wildman–Crippen LogP) is 2.33. The van der Waals surface area contributed by atoms with Crippen LogP contribution in [0.3, 0.4) is 0 Å². The Labute approximate surface area is 143 Å². The molecule has 0 radical (unpaired) electrons. The quantitative estimate of drug-likeness (QED) is 0.917. The molecule has 2 saturated heterocycles. The van der Waals surface area contributed by atoms with Crippen molar-refractivity contribution >= 4 is 17.5 Å². The molecule has 5 heteroatoms. The lowest BCUT2D eigenvalue weighted by Crippen LogP contribution is -2.55. The van der Waals surface area contributed by atoms with Crippen LogP contribution in [0.1, 0.15) is 31.2 Å². The number of piperidine rings is 1. The smallest absolute Gasteiger partial charge is 0.227 e. The first-order chi connectivity index (χ1) is 11.0. The predicted molar refractivity (Wildman–Crippen MR) is 91.6 cm³/mol. The first-order valence-corrected chi connectivity index (χ1v) is 8.89. The van der Waals surface area contributed by atoms with Gasteiger partial charge in [0.05, 0.1) is 18.6 Å². The minimum Gasteiger partial charge on any atom is -0.387 e. The topological polar surface area (TPSA) is 43.8 Å². The molecule has 0 spiro atoms. The van der Waals surface area contributed by atoms with Gasteiger partial charge in [-0.3, -0.25) is 4.79 Å². The van der Waals surface area contributed by atoms with E-state index in [1.807, 2.05) is 29.2 Å². The van der Waals surface area contributed by atoms with Crippen molar-refractivity contribution in [3.05, 3.63) is 34.9 Å². The van der Waals surface area contributed by atoms with Crippen molar-refractivity contribution < 1.29 is 9.90 Å². The fourth-order valence-electron chi connectivity index (χ4n) is 3.70. The highest BCUT2D eigenvalue weighted by atomic mass is 35.5. The summed E-state index contributed by atoms with van der Waals surface area (Å²) >= 11 is 5.88. The molecule has 1 aromatic carbocycles. The van der Waals surface area contributed by atoms with Crippen molar-refractivity contribution in [1.82, 2.24) is 9.80 Å². The van der Waals surface area contributed by atoms with E-state index >= 15 is 0 Å². The number of halogens is 1. The largest absolute Gasteiger partial charge is 0.387 e. The third-order valence-corrected chi connectivity index (χ3v) is 5.15. The number of hydrogen-bond donors (Lipinski definition) is 1. The normalized spacial score (nSPS) is 25.7. The molecule has 0 aliphatic carbocycles. The molecule has 4 nitrogen and oxygen atoms in total. The highest BCUT2D eigenvalue weighted by Gasteiger charge is 2.37. The number of carbonyl (C=O) groups excluding carboxylic acids is 1. The molecule has 0 aromatic heterocycles. The van der Waals surface area contributed by atoms with Gasteiger partial charge in [-0.1, -0.05) is 23.7 Å². The summed E-state index contributed by atoms with van der Waals surface area (Å²) in [6, 6.07) is 7.40. The molecule has 0 unspecified atom stereocenters. The van der Waals surface area contributed by atoms with E-state index in [0.29, 0.717) is 24.5 Å². The molecule has 2 fully saturated rings. The van der Waals surface area contributed by atoms with Crippen molar-refractivity contribution in [2.75, 3.05) is 32.7 Å². The number of likely N-dealkylation sites (tertiary alicyclic amines) is 2. The lowest BCUT2D eigenvalue weighted by molar-refractivity contribution is -0.138. The van der Waals surface area contributed by atoms with Gasteiger partial charge >= 0.3 is 0 Å². The summed E-state index contributed by atoms with van der Waals surface area (Å²) in [7, 11) is 0. The average molecular weight is 337 g/mol. The molecule has 2 aliphatic heterocycles. The summed E-state index contributed by atoms with van der Waals surface area (Å²) in [6.07, 6.45) is 4.46. The van der Waals surface area contributed by atoms with E-state index in [1.165, 1.54) is 12.8 Å². The van der Waals surface area contributed by atoms with Crippen molar-refractivity contribution in [3.63, 3.8) is 0 Å². The van der Waals surface area contributed by atoms with Crippen LogP contribution in [-0.4, -0.2) is 59.1 Å². The Balaban J connectivity index is 1.58. The van der Waals surface area contributed by atoms with Crippen LogP contribution in [0.4, 0.5) is 0 Å². The van der Waals surface area contributed by atoms with Crippen LogP contribution in [0.5, 0.6) is 0 Å². The summed E-state index contributed by atoms with van der Waals surface area (Å²) < 4.78 is 0. The molecule has 1 N–H and O–H groups in total. The first kappa shape index (κ1) is 16.7. The molecular formula is C18H25ClN2O2. The van der Waals surface area contributed by atoms with Crippen LogP contribution in [0.15, 0.2) is 24.3 Å². The van der Waals surface area contributed by atoms with Crippen LogP contribution in [0.2, 0.25) is 5.02 Å². The minimum absolute atomic E-state index is 0.0897. The van der Waals surface area contributed by atoms with Crippen LogP contribution in [0.25, 0.3) is 0 Å². The second kappa shape index (κ2) is 7.20. The second-order valence-corrected chi connectivity index (χ2v) is 7.37. The maximum absolute atomic E-state index is 12.5. The number of nitrogens with zero attached hydrogens (tertiary/aromatic N) is 2. The molecule has 23 heavy (non-hydrogen) atoms. The van der Waals surface area contributed by atoms with E-state index in [-0.39, 0.29) is 5.91 Å². The molecule has 0 saturated carbocycles. The zero-order chi connectivity index (χ0) is 16.3. The van der Waals surface area contributed by atoms with Gasteiger partial charge in [0.1, 0.15) is 0 Å². The van der Waals surface area contributed by atoms with Gasteiger partial charge in [-0.05, 0) is 56.5 Å². The molecule has 2 heterocycles. The zero-order valence-corrected chi connectivity index (χ0v) is 14.3. The fourth-order valence-corrected chi connectivity index (χ4v) is 3.83. The summed E-state index contributed by atoms with van der Waals surface area (Å²) in [5.41, 5.74) is 0.214. The molecule has 1 atom stereocenters. The van der Waals surface area contributed by atoms with Crippen LogP contribution in [0, 0.1) is 0 Å².